The fourth-order valence-electron chi connectivity index (χ4n) is 2.50. The summed E-state index contributed by atoms with van der Waals surface area (Å²) in [5.74, 6) is 0.473. The molecule has 0 radical (unpaired) electrons. The third-order valence-corrected chi connectivity index (χ3v) is 3.83. The molecule has 21 heavy (non-hydrogen) atoms. The summed E-state index contributed by atoms with van der Waals surface area (Å²) in [6.45, 7) is 0. The first kappa shape index (κ1) is 13.8. The van der Waals surface area contributed by atoms with E-state index in [1.807, 2.05) is 37.2 Å². The number of aromatic nitrogens is 2. The van der Waals surface area contributed by atoms with Gasteiger partial charge in [0.05, 0.1) is 12.1 Å². The van der Waals surface area contributed by atoms with E-state index in [9.17, 15) is 4.79 Å². The average molecular weight is 303 g/mol. The summed E-state index contributed by atoms with van der Waals surface area (Å²) in [5.41, 5.74) is 2.79. The van der Waals surface area contributed by atoms with Gasteiger partial charge in [0.25, 0.3) is 0 Å². The molecule has 0 bridgehead atoms. The molecule has 1 aliphatic rings. The molecule has 1 N–H and O–H groups in total. The van der Waals surface area contributed by atoms with Gasteiger partial charge in [0, 0.05) is 19.1 Å². The molecule has 5 nitrogen and oxygen atoms in total. The molecule has 0 aliphatic heterocycles. The molecule has 1 atom stereocenters. The Hall–Kier alpha value is -2.14. The van der Waals surface area contributed by atoms with Crippen molar-refractivity contribution in [3.8, 4) is 0 Å². The molecule has 1 unspecified atom stereocenters. The van der Waals surface area contributed by atoms with Crippen molar-refractivity contribution in [1.29, 1.82) is 0 Å². The van der Waals surface area contributed by atoms with Crippen molar-refractivity contribution >= 4 is 29.0 Å². The van der Waals surface area contributed by atoms with Gasteiger partial charge < -0.3 is 10.2 Å². The lowest BCUT2D eigenvalue weighted by atomic mass is 9.77. The predicted molar refractivity (Wildman–Crippen MR) is 82.9 cm³/mol. The van der Waals surface area contributed by atoms with E-state index in [2.05, 4.69) is 15.3 Å². The second-order valence-electron chi connectivity index (χ2n) is 5.24. The Kier molecular flexibility index (Phi) is 3.51. The third-order valence-electron chi connectivity index (χ3n) is 3.60. The lowest BCUT2D eigenvalue weighted by Crippen LogP contribution is -2.30. The van der Waals surface area contributed by atoms with Crippen LogP contribution in [0.5, 0.6) is 0 Å². The highest BCUT2D eigenvalue weighted by molar-refractivity contribution is 6.30. The van der Waals surface area contributed by atoms with Crippen molar-refractivity contribution < 1.29 is 4.79 Å². The molecule has 0 saturated carbocycles. The minimum atomic E-state index is -0.158. The minimum Gasteiger partial charge on any atom is -0.361 e. The van der Waals surface area contributed by atoms with Gasteiger partial charge in [0.2, 0.25) is 5.91 Å². The van der Waals surface area contributed by atoms with Crippen LogP contribution in [0.3, 0.4) is 0 Å². The molecule has 1 amide bonds. The molecule has 1 aromatic carbocycles. The third kappa shape index (κ3) is 2.56. The van der Waals surface area contributed by atoms with Crippen LogP contribution in [0.15, 0.2) is 30.7 Å². The summed E-state index contributed by atoms with van der Waals surface area (Å²) in [4.78, 5) is 22.4. The quantitative estimate of drug-likeness (QED) is 0.946. The number of benzene rings is 1. The van der Waals surface area contributed by atoms with E-state index >= 15 is 0 Å². The van der Waals surface area contributed by atoms with Crippen LogP contribution in [0.25, 0.3) is 0 Å². The molecule has 1 aliphatic carbocycles. The number of carbonyl (C=O) groups excluding carboxylic acids is 1. The maximum Gasteiger partial charge on any atom is 0.232 e. The van der Waals surface area contributed by atoms with E-state index in [0.717, 1.165) is 12.0 Å². The first-order chi connectivity index (χ1) is 10.1. The molecular weight excluding hydrogens is 288 g/mol. The number of amides is 1. The van der Waals surface area contributed by atoms with Gasteiger partial charge in [0.1, 0.15) is 12.0 Å². The molecular formula is C15H15ClN4O. The van der Waals surface area contributed by atoms with Crippen LogP contribution in [0.1, 0.15) is 17.0 Å². The summed E-state index contributed by atoms with van der Waals surface area (Å²) < 4.78 is 0. The van der Waals surface area contributed by atoms with Gasteiger partial charge in [-0.15, -0.1) is 0 Å². The predicted octanol–water partition coefficient (Wildman–Crippen LogP) is 2.47. The van der Waals surface area contributed by atoms with Crippen LogP contribution in [-0.2, 0) is 11.2 Å². The van der Waals surface area contributed by atoms with Crippen molar-refractivity contribution in [1.82, 2.24) is 9.97 Å². The summed E-state index contributed by atoms with van der Waals surface area (Å²) in [6.07, 6.45) is 3.81. The maximum absolute atomic E-state index is 12.4. The van der Waals surface area contributed by atoms with E-state index in [0.29, 0.717) is 16.5 Å². The maximum atomic E-state index is 12.4. The molecule has 6 heteroatoms. The molecule has 3 rings (SSSR count). The van der Waals surface area contributed by atoms with Crippen LogP contribution in [0, 0.1) is 0 Å². The van der Waals surface area contributed by atoms with Crippen LogP contribution in [0.4, 0.5) is 11.5 Å². The van der Waals surface area contributed by atoms with Crippen LogP contribution >= 0.6 is 11.6 Å². The van der Waals surface area contributed by atoms with E-state index in [-0.39, 0.29) is 11.8 Å². The Balaban J connectivity index is 1.80. The Bertz CT molecular complexity index is 702. The molecule has 0 saturated heterocycles. The second-order valence-corrected chi connectivity index (χ2v) is 5.68. The van der Waals surface area contributed by atoms with E-state index in [4.69, 9.17) is 11.6 Å². The minimum absolute atomic E-state index is 0.0531. The number of fused-ring (bicyclic) bond motifs is 1. The van der Waals surface area contributed by atoms with Gasteiger partial charge in [-0.25, -0.2) is 9.97 Å². The number of nitrogens with one attached hydrogen (secondary N) is 1. The van der Waals surface area contributed by atoms with Gasteiger partial charge in [0.15, 0.2) is 5.82 Å². The number of halogens is 1. The van der Waals surface area contributed by atoms with Gasteiger partial charge in [-0.05, 0) is 29.7 Å². The number of rotatable bonds is 3. The standard InChI is InChI=1S/C15H15ClN4O/c1-20(2)14-13(7-17-8-18-14)19-15(21)12-5-9-3-4-10(16)6-11(9)12/h3-4,6-8,12H,5H2,1-2H3,(H,19,21). The van der Waals surface area contributed by atoms with Crippen LogP contribution < -0.4 is 10.2 Å². The highest BCUT2D eigenvalue weighted by Crippen LogP contribution is 2.37. The highest BCUT2D eigenvalue weighted by atomic mass is 35.5. The number of hydrogen-bond acceptors (Lipinski definition) is 4. The van der Waals surface area contributed by atoms with Gasteiger partial charge in [-0.1, -0.05) is 17.7 Å². The summed E-state index contributed by atoms with van der Waals surface area (Å²) in [7, 11) is 3.74. The number of hydrogen-bond donors (Lipinski definition) is 1. The molecule has 2 aromatic rings. The molecule has 0 spiro atoms. The van der Waals surface area contributed by atoms with E-state index in [1.54, 1.807) is 6.20 Å². The summed E-state index contributed by atoms with van der Waals surface area (Å²) in [6, 6.07) is 5.68. The lowest BCUT2D eigenvalue weighted by Gasteiger charge is -2.29. The van der Waals surface area contributed by atoms with Gasteiger partial charge >= 0.3 is 0 Å². The Morgan fingerprint density at radius 2 is 2.24 bits per heavy atom. The zero-order chi connectivity index (χ0) is 15.0. The van der Waals surface area contributed by atoms with Crippen molar-refractivity contribution in [2.75, 3.05) is 24.3 Å². The Morgan fingerprint density at radius 3 is 3.00 bits per heavy atom. The SMILES string of the molecule is CN(C)c1ncncc1NC(=O)C1Cc2ccc(Cl)cc21. The summed E-state index contributed by atoms with van der Waals surface area (Å²) >= 11 is 5.99. The first-order valence-corrected chi connectivity index (χ1v) is 7.00. The fourth-order valence-corrected chi connectivity index (χ4v) is 2.68. The monoisotopic (exact) mass is 302 g/mol. The molecule has 0 fully saturated rings. The molecule has 1 heterocycles. The highest BCUT2D eigenvalue weighted by Gasteiger charge is 2.32. The first-order valence-electron chi connectivity index (χ1n) is 6.63. The van der Waals surface area contributed by atoms with Gasteiger partial charge in [-0.3, -0.25) is 4.79 Å². The van der Waals surface area contributed by atoms with Crippen molar-refractivity contribution in [3.05, 3.63) is 46.9 Å². The zero-order valence-electron chi connectivity index (χ0n) is 11.8. The topological polar surface area (TPSA) is 58.1 Å². The number of anilines is 2. The van der Waals surface area contributed by atoms with Crippen molar-refractivity contribution in [2.24, 2.45) is 0 Å². The molecule has 108 valence electrons. The second kappa shape index (κ2) is 5.33. The van der Waals surface area contributed by atoms with E-state index < -0.39 is 0 Å². The van der Waals surface area contributed by atoms with Crippen LogP contribution in [-0.4, -0.2) is 30.0 Å². The average Bonchev–Trinajstić information content (AvgIpc) is 2.43. The fraction of sp³-hybridized carbons (Fsp3) is 0.267. The zero-order valence-corrected chi connectivity index (χ0v) is 12.6. The van der Waals surface area contributed by atoms with Crippen LogP contribution in [0.2, 0.25) is 5.02 Å². The largest absolute Gasteiger partial charge is 0.361 e. The Morgan fingerprint density at radius 1 is 1.43 bits per heavy atom. The normalized spacial score (nSPS) is 15.9. The number of nitrogens with zero attached hydrogens (tertiary/aromatic N) is 3. The summed E-state index contributed by atoms with van der Waals surface area (Å²) in [5, 5.41) is 3.56. The van der Waals surface area contributed by atoms with Gasteiger partial charge in [-0.2, -0.15) is 0 Å². The van der Waals surface area contributed by atoms with Crippen molar-refractivity contribution in [2.45, 2.75) is 12.3 Å². The lowest BCUT2D eigenvalue weighted by molar-refractivity contribution is -0.118. The molecule has 1 aromatic heterocycles. The smallest absolute Gasteiger partial charge is 0.232 e. The van der Waals surface area contributed by atoms with Crippen molar-refractivity contribution in [3.63, 3.8) is 0 Å². The number of carbonyl (C=O) groups is 1. The Labute approximate surface area is 128 Å². The van der Waals surface area contributed by atoms with E-state index in [1.165, 1.54) is 11.9 Å².